The Morgan fingerprint density at radius 2 is 1.82 bits per heavy atom. The quantitative estimate of drug-likeness (QED) is 0.684. The maximum atomic E-state index is 13.6. The van der Waals surface area contributed by atoms with Crippen molar-refractivity contribution in [2.75, 3.05) is 19.6 Å². The van der Waals surface area contributed by atoms with E-state index in [-0.39, 0.29) is 36.8 Å². The number of carbonyl (C=O) groups excluding carboxylic acids is 1. The van der Waals surface area contributed by atoms with Gasteiger partial charge in [0.2, 0.25) is 0 Å². The Hall–Kier alpha value is -2.14. The van der Waals surface area contributed by atoms with Crippen molar-refractivity contribution in [1.82, 2.24) is 15.2 Å². The predicted octanol–water partition coefficient (Wildman–Crippen LogP) is 4.11. The number of pyridine rings is 1. The standard InChI is InChI=1S/C22H21N3O.2ClH/c26-22(19-8-4-7-16-11-23-10-9-18(16)19)25-14-17-12-24-13-20(17)21(25)15-5-2-1-3-6-15;;/h1-11,17,20-21,24H,12-14H2;2*1H/t17-,20-,21+;;/m0../s1. The highest BCUT2D eigenvalue weighted by Gasteiger charge is 2.46. The van der Waals surface area contributed by atoms with Crippen LogP contribution in [-0.4, -0.2) is 35.4 Å². The molecule has 6 heteroatoms. The van der Waals surface area contributed by atoms with Gasteiger partial charge in [0.05, 0.1) is 6.04 Å². The van der Waals surface area contributed by atoms with Crippen LogP contribution >= 0.6 is 24.8 Å². The van der Waals surface area contributed by atoms with E-state index in [1.165, 1.54) is 5.56 Å². The van der Waals surface area contributed by atoms with E-state index in [0.29, 0.717) is 11.8 Å². The van der Waals surface area contributed by atoms with Crippen molar-refractivity contribution in [3.05, 3.63) is 78.1 Å². The molecule has 3 atom stereocenters. The fourth-order valence-electron chi connectivity index (χ4n) is 4.67. The van der Waals surface area contributed by atoms with Crippen LogP contribution in [0.15, 0.2) is 67.0 Å². The first-order valence-electron chi connectivity index (χ1n) is 9.22. The molecule has 2 aliphatic rings. The molecule has 3 heterocycles. The molecule has 1 aromatic heterocycles. The van der Waals surface area contributed by atoms with Crippen LogP contribution in [0.25, 0.3) is 10.8 Å². The largest absolute Gasteiger partial charge is 0.331 e. The molecule has 2 aliphatic heterocycles. The Kier molecular flexibility index (Phi) is 6.23. The van der Waals surface area contributed by atoms with E-state index in [1.54, 1.807) is 6.20 Å². The number of nitrogens with zero attached hydrogens (tertiary/aromatic N) is 2. The van der Waals surface area contributed by atoms with Crippen LogP contribution < -0.4 is 5.32 Å². The van der Waals surface area contributed by atoms with Crippen molar-refractivity contribution in [2.45, 2.75) is 6.04 Å². The first-order valence-corrected chi connectivity index (χ1v) is 9.22. The van der Waals surface area contributed by atoms with Crippen molar-refractivity contribution in [1.29, 1.82) is 0 Å². The van der Waals surface area contributed by atoms with Gasteiger partial charge < -0.3 is 10.2 Å². The minimum Gasteiger partial charge on any atom is -0.331 e. The van der Waals surface area contributed by atoms with Crippen molar-refractivity contribution in [2.24, 2.45) is 11.8 Å². The highest BCUT2D eigenvalue weighted by atomic mass is 35.5. The van der Waals surface area contributed by atoms with Gasteiger partial charge in [-0.15, -0.1) is 24.8 Å². The zero-order valence-electron chi connectivity index (χ0n) is 15.3. The van der Waals surface area contributed by atoms with Gasteiger partial charge in [0, 0.05) is 48.9 Å². The van der Waals surface area contributed by atoms with E-state index in [4.69, 9.17) is 0 Å². The molecule has 0 saturated carbocycles. The zero-order valence-corrected chi connectivity index (χ0v) is 17.0. The van der Waals surface area contributed by atoms with E-state index < -0.39 is 0 Å². The lowest BCUT2D eigenvalue weighted by Crippen LogP contribution is -2.34. The molecule has 0 bridgehead atoms. The van der Waals surface area contributed by atoms with E-state index in [0.717, 1.165) is 36.0 Å². The van der Waals surface area contributed by atoms with Gasteiger partial charge >= 0.3 is 0 Å². The Bertz CT molecular complexity index is 961. The molecule has 5 rings (SSSR count). The number of aromatic nitrogens is 1. The van der Waals surface area contributed by atoms with Crippen LogP contribution in [0.2, 0.25) is 0 Å². The lowest BCUT2D eigenvalue weighted by atomic mass is 9.89. The summed E-state index contributed by atoms with van der Waals surface area (Å²) in [5.74, 6) is 1.14. The zero-order chi connectivity index (χ0) is 17.5. The fourth-order valence-corrected chi connectivity index (χ4v) is 4.67. The second-order valence-electron chi connectivity index (χ2n) is 7.30. The molecule has 3 aromatic rings. The molecule has 0 spiro atoms. The minimum atomic E-state index is 0. The van der Waals surface area contributed by atoms with Crippen molar-refractivity contribution >= 4 is 41.5 Å². The molecule has 1 N–H and O–H groups in total. The average molecular weight is 416 g/mol. The molecule has 28 heavy (non-hydrogen) atoms. The summed E-state index contributed by atoms with van der Waals surface area (Å²) < 4.78 is 0. The predicted molar refractivity (Wildman–Crippen MR) is 116 cm³/mol. The summed E-state index contributed by atoms with van der Waals surface area (Å²) in [6, 6.07) is 18.5. The first kappa shape index (κ1) is 20.6. The first-order chi connectivity index (χ1) is 12.8. The molecule has 0 aliphatic carbocycles. The monoisotopic (exact) mass is 415 g/mol. The van der Waals surface area contributed by atoms with Gasteiger partial charge in [0.25, 0.3) is 5.91 Å². The minimum absolute atomic E-state index is 0. The summed E-state index contributed by atoms with van der Waals surface area (Å²) in [4.78, 5) is 19.8. The number of fused-ring (bicyclic) bond motifs is 2. The van der Waals surface area contributed by atoms with Crippen molar-refractivity contribution in [3.8, 4) is 0 Å². The number of nitrogens with one attached hydrogen (secondary N) is 1. The summed E-state index contributed by atoms with van der Waals surface area (Å²) in [7, 11) is 0. The molecule has 2 aromatic carbocycles. The third-order valence-electron chi connectivity index (χ3n) is 5.88. The number of halogens is 2. The second kappa shape index (κ2) is 8.48. The van der Waals surface area contributed by atoms with Crippen LogP contribution in [0.1, 0.15) is 22.0 Å². The van der Waals surface area contributed by atoms with E-state index in [1.807, 2.05) is 36.5 Å². The Labute approximate surface area is 177 Å². The van der Waals surface area contributed by atoms with Crippen LogP contribution in [-0.2, 0) is 0 Å². The van der Waals surface area contributed by atoms with Gasteiger partial charge in [0.1, 0.15) is 0 Å². The third-order valence-corrected chi connectivity index (χ3v) is 5.88. The Morgan fingerprint density at radius 1 is 1.00 bits per heavy atom. The van der Waals surface area contributed by atoms with Crippen LogP contribution in [0, 0.1) is 11.8 Å². The summed E-state index contributed by atoms with van der Waals surface area (Å²) in [6.45, 7) is 2.79. The third kappa shape index (κ3) is 3.37. The van der Waals surface area contributed by atoms with Gasteiger partial charge in [-0.2, -0.15) is 0 Å². The summed E-state index contributed by atoms with van der Waals surface area (Å²) in [6.07, 6.45) is 3.58. The van der Waals surface area contributed by atoms with Gasteiger partial charge in [0.15, 0.2) is 0 Å². The number of likely N-dealkylation sites (tertiary alicyclic amines) is 1. The lowest BCUT2D eigenvalue weighted by molar-refractivity contribution is 0.0716. The van der Waals surface area contributed by atoms with Crippen LogP contribution in [0.5, 0.6) is 0 Å². The molecular weight excluding hydrogens is 393 g/mol. The SMILES string of the molecule is Cl.Cl.O=C(c1cccc2cnccc12)N1C[C@@H]2CNC[C@@H]2[C@H]1c1ccccc1. The normalized spacial score (nSPS) is 23.0. The molecule has 0 radical (unpaired) electrons. The number of hydrogen-bond donors (Lipinski definition) is 1. The lowest BCUT2D eigenvalue weighted by Gasteiger charge is -2.29. The molecule has 4 nitrogen and oxygen atoms in total. The fraction of sp³-hybridized carbons (Fsp3) is 0.273. The van der Waals surface area contributed by atoms with E-state index in [9.17, 15) is 4.79 Å². The number of rotatable bonds is 2. The molecule has 146 valence electrons. The average Bonchev–Trinajstić information content (AvgIpc) is 3.29. The van der Waals surface area contributed by atoms with Gasteiger partial charge in [-0.25, -0.2) is 0 Å². The number of benzene rings is 2. The topological polar surface area (TPSA) is 45.2 Å². The van der Waals surface area contributed by atoms with Gasteiger partial charge in [-0.1, -0.05) is 42.5 Å². The van der Waals surface area contributed by atoms with E-state index >= 15 is 0 Å². The summed E-state index contributed by atoms with van der Waals surface area (Å²) in [5, 5.41) is 5.50. The van der Waals surface area contributed by atoms with E-state index in [2.05, 4.69) is 39.5 Å². The summed E-state index contributed by atoms with van der Waals surface area (Å²) in [5.41, 5.74) is 2.01. The molecule has 2 fully saturated rings. The highest BCUT2D eigenvalue weighted by Crippen LogP contribution is 2.43. The molecule has 1 amide bonds. The van der Waals surface area contributed by atoms with Crippen molar-refractivity contribution < 1.29 is 4.79 Å². The highest BCUT2D eigenvalue weighted by molar-refractivity contribution is 6.07. The molecular formula is C22H23Cl2N3O. The maximum absolute atomic E-state index is 13.6. The Morgan fingerprint density at radius 3 is 2.64 bits per heavy atom. The summed E-state index contributed by atoms with van der Waals surface area (Å²) >= 11 is 0. The smallest absolute Gasteiger partial charge is 0.255 e. The second-order valence-corrected chi connectivity index (χ2v) is 7.30. The van der Waals surface area contributed by atoms with Gasteiger partial charge in [-0.3, -0.25) is 9.78 Å². The maximum Gasteiger partial charge on any atom is 0.255 e. The number of hydrogen-bond acceptors (Lipinski definition) is 3. The molecule has 0 unspecified atom stereocenters. The van der Waals surface area contributed by atoms with Gasteiger partial charge in [-0.05, 0) is 29.0 Å². The Balaban J connectivity index is 0.00000112. The van der Waals surface area contributed by atoms with Crippen LogP contribution in [0.4, 0.5) is 0 Å². The van der Waals surface area contributed by atoms with Crippen molar-refractivity contribution in [3.63, 3.8) is 0 Å². The number of amides is 1. The number of carbonyl (C=O) groups is 1. The van der Waals surface area contributed by atoms with Crippen LogP contribution in [0.3, 0.4) is 0 Å². The molecule has 2 saturated heterocycles.